The van der Waals surface area contributed by atoms with Crippen molar-refractivity contribution in [2.45, 2.75) is 90.6 Å². The Kier molecular flexibility index (Phi) is 7.19. The highest BCUT2D eigenvalue weighted by atomic mass is 32.2. The zero-order chi connectivity index (χ0) is 25.0. The van der Waals surface area contributed by atoms with E-state index >= 15 is 4.39 Å². The average molecular weight is 511 g/mol. The third kappa shape index (κ3) is 4.54. The molecule has 0 radical (unpaired) electrons. The van der Waals surface area contributed by atoms with E-state index in [9.17, 15) is 13.2 Å². The van der Waals surface area contributed by atoms with Crippen LogP contribution in [0.5, 0.6) is 0 Å². The van der Waals surface area contributed by atoms with Crippen molar-refractivity contribution in [2.24, 2.45) is 40.9 Å². The first-order valence-electron chi connectivity index (χ1n) is 14.5. The SMILES string of the molecule is CCS(=O)(=O)N1CCCN(CC(=O)[C@H]2CCC3C4CCC5C[C@@H](C)CC[C@]5(F)C4CC[C@@]32C)CC1. The standard InChI is InChI=1S/C28H47FN2O3S/c1-4-35(33,34)31-15-5-14-30(16-17-31)19-26(32)25-9-8-23-22-7-6-21-18-20(2)10-13-28(21,29)24(22)11-12-27(23,25)3/h20-25H,4-19H2,1-3H3/t20-,21?,22?,23?,24?,25+,27-,28+/m0/s1. The van der Waals surface area contributed by atoms with Crippen molar-refractivity contribution < 1.29 is 17.6 Å². The monoisotopic (exact) mass is 510 g/mol. The molecule has 4 unspecified atom stereocenters. The summed E-state index contributed by atoms with van der Waals surface area (Å²) in [5.74, 6) is 2.62. The number of ketones is 1. The highest BCUT2D eigenvalue weighted by Crippen LogP contribution is 2.66. The zero-order valence-electron chi connectivity index (χ0n) is 22.2. The van der Waals surface area contributed by atoms with Gasteiger partial charge in [0.25, 0.3) is 0 Å². The fraction of sp³-hybridized carbons (Fsp3) is 0.964. The molecule has 0 amide bonds. The molecule has 1 aliphatic heterocycles. The van der Waals surface area contributed by atoms with Crippen LogP contribution in [0.25, 0.3) is 0 Å². The van der Waals surface area contributed by atoms with Crippen molar-refractivity contribution in [1.82, 2.24) is 9.21 Å². The van der Waals surface area contributed by atoms with Gasteiger partial charge in [-0.3, -0.25) is 9.69 Å². The predicted octanol–water partition coefficient (Wildman–Crippen LogP) is 4.91. The number of hydrogen-bond donors (Lipinski definition) is 0. The largest absolute Gasteiger partial charge is 0.298 e. The molecule has 0 aromatic carbocycles. The summed E-state index contributed by atoms with van der Waals surface area (Å²) in [6, 6.07) is 0. The molecular weight excluding hydrogens is 463 g/mol. The Hall–Kier alpha value is -0.530. The van der Waals surface area contributed by atoms with Gasteiger partial charge in [0.2, 0.25) is 10.0 Å². The summed E-state index contributed by atoms with van der Waals surface area (Å²) in [7, 11) is -3.17. The number of fused-ring (bicyclic) bond motifs is 5. The Morgan fingerprint density at radius 2 is 1.77 bits per heavy atom. The summed E-state index contributed by atoms with van der Waals surface area (Å²) in [4.78, 5) is 15.8. The summed E-state index contributed by atoms with van der Waals surface area (Å²) in [5.41, 5.74) is -0.956. The quantitative estimate of drug-likeness (QED) is 0.527. The Morgan fingerprint density at radius 3 is 2.54 bits per heavy atom. The lowest BCUT2D eigenvalue weighted by molar-refractivity contribution is -0.146. The van der Waals surface area contributed by atoms with Gasteiger partial charge in [0, 0.05) is 25.6 Å². The number of halogens is 1. The second-order valence-electron chi connectivity index (χ2n) is 13.0. The Balaban J connectivity index is 1.24. The van der Waals surface area contributed by atoms with Gasteiger partial charge in [-0.25, -0.2) is 17.1 Å². The number of carbonyl (C=O) groups is 1. The van der Waals surface area contributed by atoms with Crippen LogP contribution < -0.4 is 0 Å². The van der Waals surface area contributed by atoms with E-state index < -0.39 is 15.7 Å². The maximum atomic E-state index is 16.5. The van der Waals surface area contributed by atoms with Gasteiger partial charge in [0.1, 0.15) is 11.5 Å². The lowest BCUT2D eigenvalue weighted by Crippen LogP contribution is -2.56. The molecule has 0 aromatic heterocycles. The molecular formula is C28H47FN2O3S. The van der Waals surface area contributed by atoms with Crippen molar-refractivity contribution in [3.63, 3.8) is 0 Å². The van der Waals surface area contributed by atoms with Gasteiger partial charge in [0.15, 0.2) is 0 Å². The van der Waals surface area contributed by atoms with E-state index in [-0.39, 0.29) is 28.9 Å². The van der Waals surface area contributed by atoms with Crippen molar-refractivity contribution in [1.29, 1.82) is 0 Å². The van der Waals surface area contributed by atoms with Crippen LogP contribution in [-0.2, 0) is 14.8 Å². The molecule has 5 nitrogen and oxygen atoms in total. The number of sulfonamides is 1. The van der Waals surface area contributed by atoms with Crippen LogP contribution in [0.3, 0.4) is 0 Å². The minimum atomic E-state index is -3.17. The summed E-state index contributed by atoms with van der Waals surface area (Å²) < 4.78 is 42.7. The first-order valence-corrected chi connectivity index (χ1v) is 16.1. The Morgan fingerprint density at radius 1 is 0.971 bits per heavy atom. The molecule has 0 aromatic rings. The maximum absolute atomic E-state index is 16.5. The van der Waals surface area contributed by atoms with Gasteiger partial charge in [0.05, 0.1) is 12.3 Å². The number of hydrogen-bond acceptors (Lipinski definition) is 4. The van der Waals surface area contributed by atoms with Crippen molar-refractivity contribution in [3.8, 4) is 0 Å². The molecule has 1 saturated heterocycles. The van der Waals surface area contributed by atoms with Crippen molar-refractivity contribution >= 4 is 15.8 Å². The van der Waals surface area contributed by atoms with Crippen LogP contribution in [0, 0.1) is 40.9 Å². The fourth-order valence-corrected chi connectivity index (χ4v) is 10.6. The topological polar surface area (TPSA) is 57.7 Å². The van der Waals surface area contributed by atoms with E-state index in [0.717, 1.165) is 70.8 Å². The minimum absolute atomic E-state index is 0.00679. The molecule has 0 spiro atoms. The highest BCUT2D eigenvalue weighted by Gasteiger charge is 2.62. The number of rotatable bonds is 5. The van der Waals surface area contributed by atoms with Gasteiger partial charge < -0.3 is 0 Å². The molecule has 5 aliphatic rings. The minimum Gasteiger partial charge on any atom is -0.298 e. The molecule has 1 heterocycles. The molecule has 200 valence electrons. The normalized spacial score (nSPS) is 45.3. The smallest absolute Gasteiger partial charge is 0.213 e. The molecule has 5 fully saturated rings. The molecule has 4 saturated carbocycles. The van der Waals surface area contributed by atoms with Crippen LogP contribution in [-0.4, -0.2) is 67.6 Å². The zero-order valence-corrected chi connectivity index (χ0v) is 23.0. The molecule has 5 rings (SSSR count). The van der Waals surface area contributed by atoms with Crippen LogP contribution in [0.15, 0.2) is 0 Å². The van der Waals surface area contributed by atoms with E-state index in [1.807, 2.05) is 0 Å². The number of carbonyl (C=O) groups excluding carboxylic acids is 1. The Bertz CT molecular complexity index is 912. The van der Waals surface area contributed by atoms with E-state index in [4.69, 9.17) is 0 Å². The molecule has 0 N–H and O–H groups in total. The first kappa shape index (κ1) is 26.1. The van der Waals surface area contributed by atoms with Crippen molar-refractivity contribution in [3.05, 3.63) is 0 Å². The van der Waals surface area contributed by atoms with Crippen LogP contribution >= 0.6 is 0 Å². The van der Waals surface area contributed by atoms with Gasteiger partial charge in [-0.2, -0.15) is 0 Å². The number of alkyl halides is 1. The molecule has 35 heavy (non-hydrogen) atoms. The van der Waals surface area contributed by atoms with E-state index in [2.05, 4.69) is 18.7 Å². The van der Waals surface area contributed by atoms with Gasteiger partial charge in [-0.15, -0.1) is 0 Å². The van der Waals surface area contributed by atoms with Crippen LogP contribution in [0.1, 0.15) is 85.0 Å². The maximum Gasteiger partial charge on any atom is 0.213 e. The number of nitrogens with zero attached hydrogens (tertiary/aromatic N) is 2. The second kappa shape index (κ2) is 9.65. The van der Waals surface area contributed by atoms with Gasteiger partial charge in [-0.05, 0) is 113 Å². The molecule has 8 atom stereocenters. The fourth-order valence-electron chi connectivity index (χ4n) is 9.42. The molecule has 7 heteroatoms. The second-order valence-corrected chi connectivity index (χ2v) is 15.3. The molecule has 0 bridgehead atoms. The lowest BCUT2D eigenvalue weighted by atomic mass is 9.48. The van der Waals surface area contributed by atoms with Gasteiger partial charge in [-0.1, -0.05) is 13.8 Å². The molecule has 4 aliphatic carbocycles. The van der Waals surface area contributed by atoms with E-state index in [1.165, 1.54) is 0 Å². The van der Waals surface area contributed by atoms with Crippen LogP contribution in [0.4, 0.5) is 4.39 Å². The third-order valence-electron chi connectivity index (χ3n) is 11.4. The van der Waals surface area contributed by atoms with Crippen LogP contribution in [0.2, 0.25) is 0 Å². The number of Topliss-reactive ketones (excluding diaryl/α,β-unsaturated/α-hetero) is 1. The van der Waals surface area contributed by atoms with Gasteiger partial charge >= 0.3 is 0 Å². The summed E-state index contributed by atoms with van der Waals surface area (Å²) in [5, 5.41) is 0. The summed E-state index contributed by atoms with van der Waals surface area (Å²) in [6.07, 6.45) is 9.80. The van der Waals surface area contributed by atoms with Crippen molar-refractivity contribution in [2.75, 3.05) is 38.5 Å². The van der Waals surface area contributed by atoms with E-state index in [1.54, 1.807) is 11.2 Å². The Labute approximate surface area is 212 Å². The average Bonchev–Trinajstić information content (AvgIpc) is 3.00. The predicted molar refractivity (Wildman–Crippen MR) is 137 cm³/mol. The summed E-state index contributed by atoms with van der Waals surface area (Å²) >= 11 is 0. The highest BCUT2D eigenvalue weighted by molar-refractivity contribution is 7.89. The lowest BCUT2D eigenvalue weighted by Gasteiger charge is -2.58. The third-order valence-corrected chi connectivity index (χ3v) is 13.2. The first-order chi connectivity index (χ1) is 16.6. The van der Waals surface area contributed by atoms with E-state index in [0.29, 0.717) is 49.7 Å². The summed E-state index contributed by atoms with van der Waals surface area (Å²) in [6.45, 7) is 9.22.